The van der Waals surface area contributed by atoms with E-state index in [1.807, 2.05) is 42.8 Å². The van der Waals surface area contributed by atoms with Gasteiger partial charge < -0.3 is 28.8 Å². The van der Waals surface area contributed by atoms with Crippen molar-refractivity contribution in [2.24, 2.45) is 7.05 Å². The summed E-state index contributed by atoms with van der Waals surface area (Å²) in [6, 6.07) is 12.6. The van der Waals surface area contributed by atoms with Crippen molar-refractivity contribution < 1.29 is 23.7 Å². The minimum atomic E-state index is -0.385. The zero-order valence-corrected chi connectivity index (χ0v) is 18.1. The van der Waals surface area contributed by atoms with Gasteiger partial charge in [0.25, 0.3) is 0 Å². The highest BCUT2D eigenvalue weighted by Crippen LogP contribution is 2.34. The standard InChI is InChI=1S/C21H22N4O5S/c1-13(20(26)22-14-4-9-17-18(10-14)30-12-29-17)31-21-24-23-19(25(21)2)11-28-16-7-5-15(27-3)6-8-16/h4-10,13H,11-12H2,1-3H3,(H,22,26). The minimum absolute atomic E-state index is 0.150. The highest BCUT2D eigenvalue weighted by atomic mass is 32.2. The SMILES string of the molecule is COc1ccc(OCc2nnc(SC(C)C(=O)Nc3ccc4c(c3)OCO4)n2C)cc1. The second-order valence-corrected chi connectivity index (χ2v) is 8.05. The molecule has 1 aliphatic rings. The van der Waals surface area contributed by atoms with Gasteiger partial charge in [0.05, 0.1) is 12.4 Å². The lowest BCUT2D eigenvalue weighted by molar-refractivity contribution is -0.115. The predicted octanol–water partition coefficient (Wildman–Crippen LogP) is 3.25. The van der Waals surface area contributed by atoms with Crippen LogP contribution < -0.4 is 24.3 Å². The molecule has 10 heteroatoms. The van der Waals surface area contributed by atoms with Crippen LogP contribution in [-0.4, -0.2) is 39.8 Å². The molecule has 4 rings (SSSR count). The number of thioether (sulfide) groups is 1. The molecule has 1 atom stereocenters. The Balaban J connectivity index is 1.33. The van der Waals surface area contributed by atoms with Crippen molar-refractivity contribution in [1.29, 1.82) is 0 Å². The topological polar surface area (TPSA) is 96.7 Å². The van der Waals surface area contributed by atoms with Crippen LogP contribution in [0.1, 0.15) is 12.7 Å². The molecule has 2 heterocycles. The van der Waals surface area contributed by atoms with Gasteiger partial charge in [-0.3, -0.25) is 4.79 Å². The fourth-order valence-corrected chi connectivity index (χ4v) is 3.66. The number of hydrogen-bond donors (Lipinski definition) is 1. The normalized spacial score (nSPS) is 13.0. The first kappa shape index (κ1) is 20.9. The van der Waals surface area contributed by atoms with Crippen molar-refractivity contribution in [3.63, 3.8) is 0 Å². The van der Waals surface area contributed by atoms with E-state index in [1.165, 1.54) is 11.8 Å². The number of anilines is 1. The van der Waals surface area contributed by atoms with Gasteiger partial charge in [-0.25, -0.2) is 0 Å². The summed E-state index contributed by atoms with van der Waals surface area (Å²) in [5.74, 6) is 3.26. The molecule has 2 aromatic carbocycles. The number of ether oxygens (including phenoxy) is 4. The van der Waals surface area contributed by atoms with Crippen molar-refractivity contribution in [3.8, 4) is 23.0 Å². The number of benzene rings is 2. The lowest BCUT2D eigenvalue weighted by Crippen LogP contribution is -2.22. The molecule has 1 amide bonds. The maximum atomic E-state index is 12.6. The summed E-state index contributed by atoms with van der Waals surface area (Å²) in [6.07, 6.45) is 0. The highest BCUT2D eigenvalue weighted by Gasteiger charge is 2.20. The first-order valence-electron chi connectivity index (χ1n) is 9.56. The number of amides is 1. The van der Waals surface area contributed by atoms with Crippen molar-refractivity contribution in [3.05, 3.63) is 48.3 Å². The van der Waals surface area contributed by atoms with Gasteiger partial charge in [-0.2, -0.15) is 0 Å². The van der Waals surface area contributed by atoms with E-state index in [2.05, 4.69) is 15.5 Å². The largest absolute Gasteiger partial charge is 0.497 e. The molecule has 0 radical (unpaired) electrons. The maximum absolute atomic E-state index is 12.6. The van der Waals surface area contributed by atoms with E-state index in [0.29, 0.717) is 33.9 Å². The fraction of sp³-hybridized carbons (Fsp3) is 0.286. The molecule has 1 aromatic heterocycles. The molecule has 1 aliphatic heterocycles. The van der Waals surface area contributed by atoms with Gasteiger partial charge in [-0.05, 0) is 43.3 Å². The van der Waals surface area contributed by atoms with Crippen LogP contribution in [0.25, 0.3) is 0 Å². The summed E-state index contributed by atoms with van der Waals surface area (Å²) in [5.41, 5.74) is 0.647. The zero-order chi connectivity index (χ0) is 21.8. The summed E-state index contributed by atoms with van der Waals surface area (Å²) < 4.78 is 23.3. The Morgan fingerprint density at radius 3 is 2.68 bits per heavy atom. The Morgan fingerprint density at radius 2 is 1.90 bits per heavy atom. The highest BCUT2D eigenvalue weighted by molar-refractivity contribution is 8.00. The van der Waals surface area contributed by atoms with E-state index < -0.39 is 0 Å². The van der Waals surface area contributed by atoms with Crippen molar-refractivity contribution in [1.82, 2.24) is 14.8 Å². The van der Waals surface area contributed by atoms with E-state index in [4.69, 9.17) is 18.9 Å². The van der Waals surface area contributed by atoms with Gasteiger partial charge >= 0.3 is 0 Å². The third-order valence-electron chi connectivity index (χ3n) is 4.64. The van der Waals surface area contributed by atoms with Crippen LogP contribution in [0, 0.1) is 0 Å². The van der Waals surface area contributed by atoms with Crippen LogP contribution in [0.2, 0.25) is 0 Å². The Labute approximate surface area is 183 Å². The summed E-state index contributed by atoms with van der Waals surface area (Å²) in [6.45, 7) is 2.26. The Morgan fingerprint density at radius 1 is 1.16 bits per heavy atom. The average molecular weight is 442 g/mol. The number of nitrogens with zero attached hydrogens (tertiary/aromatic N) is 3. The first-order chi connectivity index (χ1) is 15.0. The van der Waals surface area contributed by atoms with Crippen LogP contribution in [0.15, 0.2) is 47.6 Å². The molecule has 1 unspecified atom stereocenters. The van der Waals surface area contributed by atoms with Crippen LogP contribution in [-0.2, 0) is 18.4 Å². The van der Waals surface area contributed by atoms with Crippen LogP contribution in [0.5, 0.6) is 23.0 Å². The third-order valence-corrected chi connectivity index (χ3v) is 5.78. The van der Waals surface area contributed by atoms with Crippen molar-refractivity contribution in [2.45, 2.75) is 23.9 Å². The van der Waals surface area contributed by atoms with Gasteiger partial charge in [-0.15, -0.1) is 10.2 Å². The number of methoxy groups -OCH3 is 1. The van der Waals surface area contributed by atoms with Gasteiger partial charge in [0.1, 0.15) is 18.1 Å². The van der Waals surface area contributed by atoms with Crippen molar-refractivity contribution in [2.75, 3.05) is 19.2 Å². The molecule has 0 fully saturated rings. The van der Waals surface area contributed by atoms with E-state index in [1.54, 1.807) is 25.3 Å². The van der Waals surface area contributed by atoms with E-state index in [9.17, 15) is 4.79 Å². The second-order valence-electron chi connectivity index (χ2n) is 6.74. The Kier molecular flexibility index (Phi) is 6.17. The summed E-state index contributed by atoms with van der Waals surface area (Å²) in [5, 5.41) is 11.5. The molecule has 0 spiro atoms. The van der Waals surface area contributed by atoms with Gasteiger partial charge in [0, 0.05) is 18.8 Å². The quantitative estimate of drug-likeness (QED) is 0.531. The molecule has 31 heavy (non-hydrogen) atoms. The van der Waals surface area contributed by atoms with Crippen molar-refractivity contribution >= 4 is 23.4 Å². The van der Waals surface area contributed by atoms with E-state index >= 15 is 0 Å². The lowest BCUT2D eigenvalue weighted by atomic mass is 10.2. The number of rotatable bonds is 8. The number of carbonyl (C=O) groups is 1. The second kappa shape index (κ2) is 9.17. The summed E-state index contributed by atoms with van der Waals surface area (Å²) in [7, 11) is 3.46. The Hall–Kier alpha value is -3.40. The number of aromatic nitrogens is 3. The number of nitrogens with one attached hydrogen (secondary N) is 1. The Bertz CT molecular complexity index is 1070. The smallest absolute Gasteiger partial charge is 0.237 e. The van der Waals surface area contributed by atoms with Gasteiger partial charge in [0.15, 0.2) is 22.5 Å². The van der Waals surface area contributed by atoms with Crippen LogP contribution in [0.4, 0.5) is 5.69 Å². The zero-order valence-electron chi connectivity index (χ0n) is 17.3. The van der Waals surface area contributed by atoms with E-state index in [0.717, 1.165) is 5.75 Å². The summed E-state index contributed by atoms with van der Waals surface area (Å²) in [4.78, 5) is 12.6. The molecule has 0 saturated heterocycles. The molecular formula is C21H22N4O5S. The van der Waals surface area contributed by atoms with Crippen LogP contribution >= 0.6 is 11.8 Å². The molecule has 1 N–H and O–H groups in total. The molecule has 9 nitrogen and oxygen atoms in total. The van der Waals surface area contributed by atoms with Gasteiger partial charge in [0.2, 0.25) is 12.7 Å². The molecule has 3 aromatic rings. The predicted molar refractivity (Wildman–Crippen MR) is 115 cm³/mol. The fourth-order valence-electron chi connectivity index (χ4n) is 2.82. The average Bonchev–Trinajstić information content (AvgIpc) is 3.39. The molecule has 0 aliphatic carbocycles. The first-order valence-corrected chi connectivity index (χ1v) is 10.4. The molecule has 0 saturated carbocycles. The molecule has 162 valence electrons. The minimum Gasteiger partial charge on any atom is -0.497 e. The van der Waals surface area contributed by atoms with Gasteiger partial charge in [-0.1, -0.05) is 11.8 Å². The maximum Gasteiger partial charge on any atom is 0.237 e. The van der Waals surface area contributed by atoms with E-state index in [-0.39, 0.29) is 24.6 Å². The molecular weight excluding hydrogens is 420 g/mol. The van der Waals surface area contributed by atoms with Crippen LogP contribution in [0.3, 0.4) is 0 Å². The third kappa shape index (κ3) is 4.85. The monoisotopic (exact) mass is 442 g/mol. The number of fused-ring (bicyclic) bond motifs is 1. The number of hydrogen-bond acceptors (Lipinski definition) is 8. The molecule has 0 bridgehead atoms. The summed E-state index contributed by atoms with van der Waals surface area (Å²) >= 11 is 1.32. The lowest BCUT2D eigenvalue weighted by Gasteiger charge is -2.12. The number of carbonyl (C=O) groups excluding carboxylic acids is 1.